The van der Waals surface area contributed by atoms with E-state index in [9.17, 15) is 4.39 Å². The largest absolute Gasteiger partial charge is 0.493 e. The molecule has 0 aliphatic heterocycles. The maximum Gasteiger partial charge on any atom is 0.122 e. The van der Waals surface area contributed by atoms with Crippen molar-refractivity contribution in [2.24, 2.45) is 0 Å². The molecule has 0 saturated heterocycles. The van der Waals surface area contributed by atoms with Gasteiger partial charge in [-0.15, -0.1) is 0 Å². The predicted molar refractivity (Wildman–Crippen MR) is 67.3 cm³/mol. The van der Waals surface area contributed by atoms with Crippen LogP contribution in [0.2, 0.25) is 0 Å². The zero-order chi connectivity index (χ0) is 12.1. The van der Waals surface area contributed by atoms with Crippen molar-refractivity contribution in [3.05, 3.63) is 29.3 Å². The third-order valence-corrected chi connectivity index (χ3v) is 3.21. The second-order valence-corrected chi connectivity index (χ2v) is 4.36. The monoisotopic (exact) mass is 237 g/mol. The highest BCUT2D eigenvalue weighted by molar-refractivity contribution is 5.45. The quantitative estimate of drug-likeness (QED) is 0.768. The molecule has 0 saturated carbocycles. The first-order valence-corrected chi connectivity index (χ1v) is 6.40. The average Bonchev–Trinajstić information content (AvgIpc) is 2.75. The molecule has 0 fully saturated rings. The normalized spacial score (nSPS) is 18.1. The fraction of sp³-hybridized carbons (Fsp3) is 0.571. The summed E-state index contributed by atoms with van der Waals surface area (Å²) < 4.78 is 17.7. The van der Waals surface area contributed by atoms with Crippen molar-refractivity contribution in [1.82, 2.24) is 5.32 Å². The number of hydrogen-bond donors (Lipinski definition) is 1. The first kappa shape index (κ1) is 12.4. The second-order valence-electron chi connectivity index (χ2n) is 4.36. The molecule has 1 aliphatic carbocycles. The first-order chi connectivity index (χ1) is 8.36. The van der Waals surface area contributed by atoms with Gasteiger partial charge in [-0.05, 0) is 36.6 Å². The molecule has 1 atom stereocenters. The smallest absolute Gasteiger partial charge is 0.122 e. The van der Waals surface area contributed by atoms with Crippen molar-refractivity contribution in [2.45, 2.75) is 32.2 Å². The van der Waals surface area contributed by atoms with Crippen LogP contribution in [0, 0.1) is 0 Å². The van der Waals surface area contributed by atoms with Gasteiger partial charge in [-0.3, -0.25) is 4.39 Å². The van der Waals surface area contributed by atoms with E-state index in [2.05, 4.69) is 18.3 Å². The van der Waals surface area contributed by atoms with Gasteiger partial charge in [0, 0.05) is 12.5 Å². The summed E-state index contributed by atoms with van der Waals surface area (Å²) in [7, 11) is 0. The van der Waals surface area contributed by atoms with Crippen LogP contribution in [0.3, 0.4) is 0 Å². The standard InChI is InChI=1S/C14H20FNO/c1-2-16-13-8-7-12-11(13)5-3-6-14(12)17-10-4-9-15/h3,5-6,13,16H,2,4,7-10H2,1H3. The SMILES string of the molecule is CCNC1CCc2c(OCCCF)cccc21. The molecule has 2 rings (SSSR count). The molecule has 17 heavy (non-hydrogen) atoms. The van der Waals surface area contributed by atoms with Crippen LogP contribution in [0.25, 0.3) is 0 Å². The minimum Gasteiger partial charge on any atom is -0.493 e. The first-order valence-electron chi connectivity index (χ1n) is 6.40. The lowest BCUT2D eigenvalue weighted by atomic mass is 10.1. The molecular formula is C14H20FNO. The van der Waals surface area contributed by atoms with E-state index >= 15 is 0 Å². The Hall–Kier alpha value is -1.09. The Morgan fingerprint density at radius 1 is 1.47 bits per heavy atom. The van der Waals surface area contributed by atoms with Crippen LogP contribution in [-0.2, 0) is 6.42 Å². The van der Waals surface area contributed by atoms with Gasteiger partial charge >= 0.3 is 0 Å². The van der Waals surface area contributed by atoms with Crippen LogP contribution in [0.15, 0.2) is 18.2 Å². The van der Waals surface area contributed by atoms with E-state index in [0.717, 1.165) is 25.1 Å². The number of halogens is 1. The Morgan fingerprint density at radius 3 is 3.12 bits per heavy atom. The van der Waals surface area contributed by atoms with Crippen LogP contribution < -0.4 is 10.1 Å². The van der Waals surface area contributed by atoms with Crippen molar-refractivity contribution in [2.75, 3.05) is 19.8 Å². The fourth-order valence-corrected chi connectivity index (χ4v) is 2.45. The van der Waals surface area contributed by atoms with Crippen molar-refractivity contribution < 1.29 is 9.13 Å². The Balaban J connectivity index is 2.09. The predicted octanol–water partition coefficient (Wildman–Crippen LogP) is 3.02. The fourth-order valence-electron chi connectivity index (χ4n) is 2.45. The Kier molecular flexibility index (Phi) is 4.37. The van der Waals surface area contributed by atoms with Gasteiger partial charge in [0.05, 0.1) is 13.3 Å². The maximum absolute atomic E-state index is 12.0. The minimum atomic E-state index is -0.310. The van der Waals surface area contributed by atoms with Crippen LogP contribution in [0.5, 0.6) is 5.75 Å². The molecule has 0 radical (unpaired) electrons. The number of ether oxygens (including phenoxy) is 1. The summed E-state index contributed by atoms with van der Waals surface area (Å²) in [6.45, 7) is 3.27. The number of alkyl halides is 1. The van der Waals surface area contributed by atoms with Gasteiger partial charge in [-0.1, -0.05) is 19.1 Å². The third kappa shape index (κ3) is 2.78. The summed E-state index contributed by atoms with van der Waals surface area (Å²) in [5.41, 5.74) is 2.65. The Bertz CT molecular complexity index is 367. The summed E-state index contributed by atoms with van der Waals surface area (Å²) in [5, 5.41) is 3.48. The van der Waals surface area contributed by atoms with Crippen LogP contribution in [0.4, 0.5) is 4.39 Å². The van der Waals surface area contributed by atoms with Gasteiger partial charge < -0.3 is 10.1 Å². The number of hydrogen-bond acceptors (Lipinski definition) is 2. The highest BCUT2D eigenvalue weighted by Crippen LogP contribution is 2.36. The van der Waals surface area contributed by atoms with E-state index in [-0.39, 0.29) is 6.67 Å². The second kappa shape index (κ2) is 6.01. The van der Waals surface area contributed by atoms with E-state index in [1.807, 2.05) is 12.1 Å². The van der Waals surface area contributed by atoms with Gasteiger partial charge in [-0.2, -0.15) is 0 Å². The lowest BCUT2D eigenvalue weighted by molar-refractivity contribution is 0.287. The molecular weight excluding hydrogens is 217 g/mol. The van der Waals surface area contributed by atoms with Crippen molar-refractivity contribution >= 4 is 0 Å². The lowest BCUT2D eigenvalue weighted by Gasteiger charge is -2.14. The van der Waals surface area contributed by atoms with Crippen molar-refractivity contribution in [3.8, 4) is 5.75 Å². The molecule has 2 nitrogen and oxygen atoms in total. The number of rotatable bonds is 6. The summed E-state index contributed by atoms with van der Waals surface area (Å²) in [4.78, 5) is 0. The van der Waals surface area contributed by atoms with Crippen LogP contribution in [0.1, 0.15) is 36.9 Å². The Morgan fingerprint density at radius 2 is 2.35 bits per heavy atom. The summed E-state index contributed by atoms with van der Waals surface area (Å²) in [6.07, 6.45) is 2.66. The highest BCUT2D eigenvalue weighted by atomic mass is 19.1. The molecule has 1 aromatic carbocycles. The molecule has 0 spiro atoms. The van der Waals surface area contributed by atoms with E-state index in [4.69, 9.17) is 4.74 Å². The number of fused-ring (bicyclic) bond motifs is 1. The summed E-state index contributed by atoms with van der Waals surface area (Å²) >= 11 is 0. The molecule has 1 N–H and O–H groups in total. The zero-order valence-electron chi connectivity index (χ0n) is 10.3. The maximum atomic E-state index is 12.0. The van der Waals surface area contributed by atoms with E-state index in [0.29, 0.717) is 19.1 Å². The molecule has 1 unspecified atom stereocenters. The van der Waals surface area contributed by atoms with Crippen molar-refractivity contribution in [3.63, 3.8) is 0 Å². The molecule has 94 valence electrons. The molecule has 0 aromatic heterocycles. The van der Waals surface area contributed by atoms with Crippen molar-refractivity contribution in [1.29, 1.82) is 0 Å². The molecule has 0 amide bonds. The average molecular weight is 237 g/mol. The minimum absolute atomic E-state index is 0.310. The molecule has 3 heteroatoms. The van der Waals surface area contributed by atoms with E-state index < -0.39 is 0 Å². The van der Waals surface area contributed by atoms with E-state index in [1.54, 1.807) is 0 Å². The topological polar surface area (TPSA) is 21.3 Å². The molecule has 0 heterocycles. The molecule has 0 bridgehead atoms. The number of benzene rings is 1. The molecule has 1 aliphatic rings. The van der Waals surface area contributed by atoms with Gasteiger partial charge in [0.1, 0.15) is 5.75 Å². The summed E-state index contributed by atoms with van der Waals surface area (Å²) in [5.74, 6) is 0.941. The van der Waals surface area contributed by atoms with Gasteiger partial charge in [0.2, 0.25) is 0 Å². The third-order valence-electron chi connectivity index (χ3n) is 3.21. The van der Waals surface area contributed by atoms with Gasteiger partial charge in [-0.25, -0.2) is 0 Å². The van der Waals surface area contributed by atoms with E-state index in [1.165, 1.54) is 11.1 Å². The van der Waals surface area contributed by atoms with Gasteiger partial charge in [0.25, 0.3) is 0 Å². The molecule has 1 aromatic rings. The lowest BCUT2D eigenvalue weighted by Crippen LogP contribution is -2.18. The van der Waals surface area contributed by atoms with Gasteiger partial charge in [0.15, 0.2) is 0 Å². The zero-order valence-corrected chi connectivity index (χ0v) is 10.3. The Labute approximate surface area is 102 Å². The van der Waals surface area contributed by atoms with Crippen LogP contribution in [-0.4, -0.2) is 19.8 Å². The van der Waals surface area contributed by atoms with Crippen LogP contribution >= 0.6 is 0 Å². The highest BCUT2D eigenvalue weighted by Gasteiger charge is 2.24. The number of nitrogens with one attached hydrogen (secondary N) is 1. The summed E-state index contributed by atoms with van der Waals surface area (Å²) in [6, 6.07) is 6.64.